The van der Waals surface area contributed by atoms with E-state index in [-0.39, 0.29) is 6.10 Å². The minimum atomic E-state index is -3.61. The van der Waals surface area contributed by atoms with Gasteiger partial charge in [-0.25, -0.2) is 0 Å². The van der Waals surface area contributed by atoms with Crippen molar-refractivity contribution in [2.75, 3.05) is 0 Å². The SMILES string of the molecule is Cc1ccc(S(=O)(=O)O[C@@H]2C[C@@H]3[C@@H]4[C@@H]5C[C@@H]5[C@H]5[C@@H]4[C@H]3[C@@H]52)cc1. The smallest absolute Gasteiger partial charge is 0.263 e. The molecule has 0 radical (unpaired) electrons. The Morgan fingerprint density at radius 2 is 1.55 bits per heavy atom. The molecule has 5 aliphatic carbocycles. The molecule has 0 bridgehead atoms. The van der Waals surface area contributed by atoms with Crippen LogP contribution in [0.4, 0.5) is 0 Å². The van der Waals surface area contributed by atoms with Gasteiger partial charge in [0.1, 0.15) is 0 Å². The highest BCUT2D eigenvalue weighted by atomic mass is 32.2. The zero-order valence-electron chi connectivity index (χ0n) is 12.6. The predicted molar refractivity (Wildman–Crippen MR) is 80.4 cm³/mol. The average molecular weight is 316 g/mol. The van der Waals surface area contributed by atoms with Gasteiger partial charge in [-0.3, -0.25) is 4.18 Å². The maximum absolute atomic E-state index is 12.6. The van der Waals surface area contributed by atoms with Crippen molar-refractivity contribution in [3.63, 3.8) is 0 Å². The van der Waals surface area contributed by atoms with Gasteiger partial charge in [0.05, 0.1) is 11.0 Å². The Kier molecular flexibility index (Phi) is 2.06. The summed E-state index contributed by atoms with van der Waals surface area (Å²) < 4.78 is 30.9. The Bertz CT molecular complexity index is 768. The quantitative estimate of drug-likeness (QED) is 0.805. The van der Waals surface area contributed by atoms with Crippen LogP contribution in [0, 0.1) is 54.3 Å². The molecule has 0 amide bonds. The second kappa shape index (κ2) is 3.62. The number of aryl methyl sites for hydroxylation is 1. The summed E-state index contributed by atoms with van der Waals surface area (Å²) in [5.74, 6) is 6.76. The van der Waals surface area contributed by atoms with Crippen molar-refractivity contribution in [2.24, 2.45) is 47.3 Å². The van der Waals surface area contributed by atoms with Gasteiger partial charge in [-0.1, -0.05) is 17.7 Å². The van der Waals surface area contributed by atoms with Crippen LogP contribution in [0.5, 0.6) is 0 Å². The molecule has 0 aliphatic heterocycles. The molecule has 6 rings (SSSR count). The fourth-order valence-corrected chi connectivity index (χ4v) is 8.03. The average Bonchev–Trinajstić information content (AvgIpc) is 3.12. The molecule has 3 nitrogen and oxygen atoms in total. The number of benzene rings is 1. The van der Waals surface area contributed by atoms with E-state index in [0.717, 1.165) is 53.4 Å². The summed E-state index contributed by atoms with van der Waals surface area (Å²) in [4.78, 5) is 0.308. The number of fused-ring (bicyclic) bond motifs is 5. The van der Waals surface area contributed by atoms with E-state index in [1.54, 1.807) is 12.1 Å². The Morgan fingerprint density at radius 3 is 2.32 bits per heavy atom. The second-order valence-corrected chi connectivity index (χ2v) is 9.82. The zero-order valence-corrected chi connectivity index (χ0v) is 13.4. The standard InChI is InChI=1S/C18H20O3S/c1-8-2-4-9(5-3-8)22(19,20)21-13-7-12-14-10-6-11(10)15-17(13)16(12)18(14)15/h2-5,10-18H,6-7H2,1H3/t10-,11+,12-,13-,14+,15-,16-,17-,18-/m1/s1. The molecule has 4 heteroatoms. The highest BCUT2D eigenvalue weighted by Gasteiger charge is 2.82. The summed E-state index contributed by atoms with van der Waals surface area (Å²) in [6, 6.07) is 7.01. The van der Waals surface area contributed by atoms with Crippen molar-refractivity contribution in [3.8, 4) is 0 Å². The summed E-state index contributed by atoms with van der Waals surface area (Å²) in [6.07, 6.45) is 2.36. The van der Waals surface area contributed by atoms with Crippen LogP contribution >= 0.6 is 0 Å². The van der Waals surface area contributed by atoms with Gasteiger partial charge in [0, 0.05) is 0 Å². The van der Waals surface area contributed by atoms with E-state index in [1.807, 2.05) is 19.1 Å². The predicted octanol–water partition coefficient (Wildman–Crippen LogP) is 2.85. The summed E-state index contributed by atoms with van der Waals surface area (Å²) in [7, 11) is -3.61. The third-order valence-corrected chi connectivity index (χ3v) is 8.93. The number of hydrogen-bond donors (Lipinski definition) is 0. The van der Waals surface area contributed by atoms with Gasteiger partial charge in [0.2, 0.25) is 0 Å². The molecule has 0 unspecified atom stereocenters. The van der Waals surface area contributed by atoms with Gasteiger partial charge in [0.25, 0.3) is 10.1 Å². The first-order valence-electron chi connectivity index (χ1n) is 8.56. The summed E-state index contributed by atoms with van der Waals surface area (Å²) >= 11 is 0. The summed E-state index contributed by atoms with van der Waals surface area (Å²) in [6.45, 7) is 1.96. The van der Waals surface area contributed by atoms with Crippen molar-refractivity contribution in [1.82, 2.24) is 0 Å². The molecule has 5 fully saturated rings. The second-order valence-electron chi connectivity index (χ2n) is 8.25. The van der Waals surface area contributed by atoms with Crippen LogP contribution in [0.15, 0.2) is 29.2 Å². The van der Waals surface area contributed by atoms with Crippen LogP contribution in [-0.2, 0) is 14.3 Å². The van der Waals surface area contributed by atoms with E-state index < -0.39 is 10.1 Å². The molecule has 0 saturated heterocycles. The van der Waals surface area contributed by atoms with Gasteiger partial charge in [-0.15, -0.1) is 0 Å². The molecule has 0 heterocycles. The largest absolute Gasteiger partial charge is 0.297 e. The van der Waals surface area contributed by atoms with E-state index in [0.29, 0.717) is 10.8 Å². The lowest BCUT2D eigenvalue weighted by atomic mass is 9.43. The minimum Gasteiger partial charge on any atom is -0.263 e. The highest BCUT2D eigenvalue weighted by Crippen LogP contribution is 2.85. The third kappa shape index (κ3) is 1.28. The molecule has 5 saturated carbocycles. The first-order chi connectivity index (χ1) is 10.6. The van der Waals surface area contributed by atoms with E-state index >= 15 is 0 Å². The molecule has 1 aromatic rings. The summed E-state index contributed by atoms with van der Waals surface area (Å²) in [5, 5.41) is 0. The monoisotopic (exact) mass is 316 g/mol. The molecular formula is C18H20O3S. The van der Waals surface area contributed by atoms with Crippen molar-refractivity contribution >= 4 is 10.1 Å². The van der Waals surface area contributed by atoms with Crippen LogP contribution in [0.2, 0.25) is 0 Å². The summed E-state index contributed by atoms with van der Waals surface area (Å²) in [5.41, 5.74) is 1.07. The first-order valence-corrected chi connectivity index (χ1v) is 9.97. The lowest BCUT2D eigenvalue weighted by Gasteiger charge is -2.61. The Morgan fingerprint density at radius 1 is 0.864 bits per heavy atom. The van der Waals surface area contributed by atoms with Crippen molar-refractivity contribution in [1.29, 1.82) is 0 Å². The van der Waals surface area contributed by atoms with Gasteiger partial charge in [-0.05, 0) is 79.2 Å². The van der Waals surface area contributed by atoms with Gasteiger partial charge >= 0.3 is 0 Å². The molecular weight excluding hydrogens is 296 g/mol. The van der Waals surface area contributed by atoms with Crippen molar-refractivity contribution < 1.29 is 12.6 Å². The Hall–Kier alpha value is -0.870. The maximum atomic E-state index is 12.6. The van der Waals surface area contributed by atoms with Gasteiger partial charge in [0.15, 0.2) is 0 Å². The van der Waals surface area contributed by atoms with Crippen LogP contribution in [0.3, 0.4) is 0 Å². The molecule has 9 atom stereocenters. The van der Waals surface area contributed by atoms with E-state index in [1.165, 1.54) is 6.42 Å². The lowest BCUT2D eigenvalue weighted by Crippen LogP contribution is -2.59. The Balaban J connectivity index is 1.29. The molecule has 116 valence electrons. The van der Waals surface area contributed by atoms with Gasteiger partial charge < -0.3 is 0 Å². The molecule has 0 aromatic heterocycles. The minimum absolute atomic E-state index is 0.0471. The number of hydrogen-bond acceptors (Lipinski definition) is 3. The van der Waals surface area contributed by atoms with Gasteiger partial charge in [-0.2, -0.15) is 8.42 Å². The first kappa shape index (κ1) is 12.5. The highest BCUT2D eigenvalue weighted by molar-refractivity contribution is 7.86. The van der Waals surface area contributed by atoms with Crippen LogP contribution in [0.1, 0.15) is 18.4 Å². The normalized spacial score (nSPS) is 52.5. The molecule has 5 aliphatic rings. The van der Waals surface area contributed by atoms with Crippen LogP contribution in [0.25, 0.3) is 0 Å². The van der Waals surface area contributed by atoms with E-state index in [4.69, 9.17) is 4.18 Å². The van der Waals surface area contributed by atoms with Crippen molar-refractivity contribution in [2.45, 2.75) is 30.8 Å². The Labute approximate surface area is 131 Å². The molecule has 22 heavy (non-hydrogen) atoms. The topological polar surface area (TPSA) is 43.4 Å². The number of rotatable bonds is 3. The van der Waals surface area contributed by atoms with E-state index in [9.17, 15) is 8.42 Å². The zero-order chi connectivity index (χ0) is 14.8. The molecule has 0 N–H and O–H groups in total. The van der Waals surface area contributed by atoms with Crippen LogP contribution < -0.4 is 0 Å². The fourth-order valence-electron chi connectivity index (χ4n) is 6.92. The molecule has 0 spiro atoms. The van der Waals surface area contributed by atoms with E-state index in [2.05, 4.69) is 0 Å². The molecule has 1 aromatic carbocycles. The van der Waals surface area contributed by atoms with Crippen molar-refractivity contribution in [3.05, 3.63) is 29.8 Å². The lowest BCUT2D eigenvalue weighted by molar-refractivity contribution is -0.157. The van der Waals surface area contributed by atoms with Crippen LogP contribution in [-0.4, -0.2) is 14.5 Å². The maximum Gasteiger partial charge on any atom is 0.297 e. The fraction of sp³-hybridized carbons (Fsp3) is 0.667. The third-order valence-electron chi connectivity index (χ3n) is 7.58.